The van der Waals surface area contributed by atoms with Crippen LogP contribution < -0.4 is 0 Å². The quantitative estimate of drug-likeness (QED) is 0.680. The number of nitrogens with zero attached hydrogens (tertiary/aromatic N) is 3. The summed E-state index contributed by atoms with van der Waals surface area (Å²) in [7, 11) is 1.89. The molecular formula is C11H15N3. The number of hydrogen-bond acceptors (Lipinski definition) is 2. The largest absolute Gasteiger partial charge is 0.325 e. The average molecular weight is 189 g/mol. The van der Waals surface area contributed by atoms with Crippen molar-refractivity contribution >= 4 is 0 Å². The second kappa shape index (κ2) is 3.83. The van der Waals surface area contributed by atoms with E-state index in [0.717, 1.165) is 11.4 Å². The molecule has 1 aliphatic rings. The summed E-state index contributed by atoms with van der Waals surface area (Å²) in [6, 6.07) is 2.24. The Morgan fingerprint density at radius 2 is 2.14 bits per heavy atom. The van der Waals surface area contributed by atoms with Gasteiger partial charge in [0, 0.05) is 13.0 Å². The molecule has 0 atom stereocenters. The maximum absolute atomic E-state index is 9.01. The fourth-order valence-corrected chi connectivity index (χ4v) is 2.26. The molecule has 0 saturated heterocycles. The zero-order valence-corrected chi connectivity index (χ0v) is 8.53. The predicted molar refractivity (Wildman–Crippen MR) is 53.7 cm³/mol. The number of aromatic nitrogens is 2. The molecule has 1 fully saturated rings. The van der Waals surface area contributed by atoms with Crippen LogP contribution in [-0.2, 0) is 7.05 Å². The van der Waals surface area contributed by atoms with Crippen molar-refractivity contribution < 1.29 is 0 Å². The van der Waals surface area contributed by atoms with Gasteiger partial charge >= 0.3 is 0 Å². The van der Waals surface area contributed by atoms with Crippen LogP contribution in [0.25, 0.3) is 0 Å². The number of hydrogen-bond donors (Lipinski definition) is 0. The molecular weight excluding hydrogens is 174 g/mol. The summed E-state index contributed by atoms with van der Waals surface area (Å²) in [6.07, 6.45) is 8.06. The Balaban J connectivity index is 2.26. The van der Waals surface area contributed by atoms with Gasteiger partial charge in [0.15, 0.2) is 0 Å². The van der Waals surface area contributed by atoms with Gasteiger partial charge in [-0.05, 0) is 12.8 Å². The van der Waals surface area contributed by atoms with Crippen LogP contribution in [0.4, 0.5) is 0 Å². The fourth-order valence-electron chi connectivity index (χ4n) is 2.26. The number of nitriles is 1. The number of aryl methyl sites for hydroxylation is 1. The molecule has 0 N–H and O–H groups in total. The Bertz CT molecular complexity index is 353. The van der Waals surface area contributed by atoms with E-state index >= 15 is 0 Å². The van der Waals surface area contributed by atoms with Gasteiger partial charge in [0.2, 0.25) is 0 Å². The summed E-state index contributed by atoms with van der Waals surface area (Å²) in [5.41, 5.74) is 1.77. The van der Waals surface area contributed by atoms with Crippen molar-refractivity contribution in [3.63, 3.8) is 0 Å². The molecule has 1 aliphatic carbocycles. The molecule has 0 amide bonds. The van der Waals surface area contributed by atoms with Gasteiger partial charge in [-0.15, -0.1) is 0 Å². The van der Waals surface area contributed by atoms with Crippen LogP contribution >= 0.6 is 0 Å². The molecule has 0 unspecified atom stereocenters. The lowest BCUT2D eigenvalue weighted by Crippen LogP contribution is -2.07. The summed E-state index contributed by atoms with van der Waals surface area (Å²) in [5, 5.41) is 9.01. The summed E-state index contributed by atoms with van der Waals surface area (Å²) in [4.78, 5) is 4.35. The molecule has 74 valence electrons. The van der Waals surface area contributed by atoms with Crippen molar-refractivity contribution in [2.75, 3.05) is 0 Å². The van der Waals surface area contributed by atoms with Crippen LogP contribution in [0.3, 0.4) is 0 Å². The monoisotopic (exact) mass is 189 g/mol. The number of imidazole rings is 1. The van der Waals surface area contributed by atoms with Crippen molar-refractivity contribution in [2.45, 2.75) is 38.0 Å². The second-order valence-electron chi connectivity index (χ2n) is 4.04. The van der Waals surface area contributed by atoms with E-state index in [1.165, 1.54) is 32.1 Å². The lowest BCUT2D eigenvalue weighted by Gasteiger charge is -2.19. The van der Waals surface area contributed by atoms with Gasteiger partial charge in [0.1, 0.15) is 11.8 Å². The highest BCUT2D eigenvalue weighted by Crippen LogP contribution is 2.32. The predicted octanol–water partition coefficient (Wildman–Crippen LogP) is 2.34. The van der Waals surface area contributed by atoms with Crippen molar-refractivity contribution in [3.05, 3.63) is 17.7 Å². The summed E-state index contributed by atoms with van der Waals surface area (Å²) < 4.78 is 1.82. The second-order valence-corrected chi connectivity index (χ2v) is 4.04. The van der Waals surface area contributed by atoms with Crippen LogP contribution in [0.5, 0.6) is 0 Å². The van der Waals surface area contributed by atoms with Gasteiger partial charge in [-0.25, -0.2) is 4.98 Å². The van der Waals surface area contributed by atoms with Crippen molar-refractivity contribution in [1.29, 1.82) is 5.26 Å². The third-order valence-electron chi connectivity index (χ3n) is 3.06. The molecule has 1 aromatic heterocycles. The first-order chi connectivity index (χ1) is 6.83. The molecule has 0 bridgehead atoms. The SMILES string of the molecule is Cn1cnc(C2CCCCC2)c1C#N. The highest BCUT2D eigenvalue weighted by atomic mass is 15.0. The van der Waals surface area contributed by atoms with Gasteiger partial charge in [-0.3, -0.25) is 0 Å². The van der Waals surface area contributed by atoms with E-state index in [9.17, 15) is 0 Å². The van der Waals surface area contributed by atoms with Gasteiger partial charge in [0.25, 0.3) is 0 Å². The number of rotatable bonds is 1. The molecule has 0 aromatic carbocycles. The van der Waals surface area contributed by atoms with Gasteiger partial charge in [-0.2, -0.15) is 5.26 Å². The maximum Gasteiger partial charge on any atom is 0.143 e. The van der Waals surface area contributed by atoms with E-state index in [1.54, 1.807) is 6.33 Å². The molecule has 14 heavy (non-hydrogen) atoms. The van der Waals surface area contributed by atoms with Gasteiger partial charge in [0.05, 0.1) is 12.0 Å². The third-order valence-corrected chi connectivity index (χ3v) is 3.06. The molecule has 3 nitrogen and oxygen atoms in total. The molecule has 0 spiro atoms. The normalized spacial score (nSPS) is 18.0. The van der Waals surface area contributed by atoms with Crippen molar-refractivity contribution in [2.24, 2.45) is 7.05 Å². The van der Waals surface area contributed by atoms with Crippen molar-refractivity contribution in [1.82, 2.24) is 9.55 Å². The molecule has 1 aromatic rings. The molecule has 2 rings (SSSR count). The Labute approximate surface area is 84.4 Å². The zero-order valence-electron chi connectivity index (χ0n) is 8.53. The first kappa shape index (κ1) is 9.26. The van der Waals surface area contributed by atoms with E-state index in [1.807, 2.05) is 11.6 Å². The van der Waals surface area contributed by atoms with Crippen LogP contribution in [0.1, 0.15) is 49.4 Å². The van der Waals surface area contributed by atoms with Crippen LogP contribution in [0, 0.1) is 11.3 Å². The smallest absolute Gasteiger partial charge is 0.143 e. The molecule has 3 heteroatoms. The Hall–Kier alpha value is -1.30. The van der Waals surface area contributed by atoms with E-state index in [2.05, 4.69) is 11.1 Å². The zero-order chi connectivity index (χ0) is 9.97. The molecule has 0 aliphatic heterocycles. The minimum Gasteiger partial charge on any atom is -0.325 e. The summed E-state index contributed by atoms with van der Waals surface area (Å²) in [5.74, 6) is 0.527. The fraction of sp³-hybridized carbons (Fsp3) is 0.636. The van der Waals surface area contributed by atoms with Gasteiger partial charge < -0.3 is 4.57 Å². The van der Waals surface area contributed by atoms with Crippen LogP contribution in [-0.4, -0.2) is 9.55 Å². The van der Waals surface area contributed by atoms with Crippen molar-refractivity contribution in [3.8, 4) is 6.07 Å². The molecule has 1 heterocycles. The lowest BCUT2D eigenvalue weighted by molar-refractivity contribution is 0.437. The highest BCUT2D eigenvalue weighted by Gasteiger charge is 2.21. The van der Waals surface area contributed by atoms with Crippen LogP contribution in [0.2, 0.25) is 0 Å². The van der Waals surface area contributed by atoms with Crippen LogP contribution in [0.15, 0.2) is 6.33 Å². The highest BCUT2D eigenvalue weighted by molar-refractivity contribution is 5.30. The minimum absolute atomic E-state index is 0.527. The van der Waals surface area contributed by atoms with E-state index < -0.39 is 0 Å². The Kier molecular flexibility index (Phi) is 2.53. The Morgan fingerprint density at radius 3 is 2.79 bits per heavy atom. The topological polar surface area (TPSA) is 41.6 Å². The Morgan fingerprint density at radius 1 is 1.43 bits per heavy atom. The average Bonchev–Trinajstić information content (AvgIpc) is 2.61. The molecule has 0 radical (unpaired) electrons. The van der Waals surface area contributed by atoms with Gasteiger partial charge in [-0.1, -0.05) is 19.3 Å². The lowest BCUT2D eigenvalue weighted by atomic mass is 9.86. The molecule has 1 saturated carbocycles. The first-order valence-corrected chi connectivity index (χ1v) is 5.24. The summed E-state index contributed by atoms with van der Waals surface area (Å²) in [6.45, 7) is 0. The standard InChI is InChI=1S/C11H15N3/c1-14-8-13-11(10(14)7-12)9-5-3-2-4-6-9/h8-9H,2-6H2,1H3. The van der Waals surface area contributed by atoms with E-state index in [-0.39, 0.29) is 0 Å². The van der Waals surface area contributed by atoms with E-state index in [0.29, 0.717) is 5.92 Å². The minimum atomic E-state index is 0.527. The summed E-state index contributed by atoms with van der Waals surface area (Å²) >= 11 is 0. The maximum atomic E-state index is 9.01. The first-order valence-electron chi connectivity index (χ1n) is 5.24. The van der Waals surface area contributed by atoms with E-state index in [4.69, 9.17) is 5.26 Å². The third kappa shape index (κ3) is 1.52.